The number of carboxylic acids is 1. The Kier molecular flexibility index (Phi) is 2.84. The Bertz CT molecular complexity index is 696. The highest BCUT2D eigenvalue weighted by Gasteiger charge is 2.28. The fourth-order valence-corrected chi connectivity index (χ4v) is 2.49. The normalized spacial score (nSPS) is 15.8. The molecule has 20 heavy (non-hydrogen) atoms. The van der Waals surface area contributed by atoms with E-state index in [9.17, 15) is 15.0 Å². The largest absolute Gasteiger partial charge is 0.495 e. The second kappa shape index (κ2) is 4.54. The summed E-state index contributed by atoms with van der Waals surface area (Å²) >= 11 is 0. The highest BCUT2D eigenvalue weighted by atomic mass is 16.5. The van der Waals surface area contributed by atoms with E-state index >= 15 is 0 Å². The monoisotopic (exact) mass is 271 g/mol. The first-order chi connectivity index (χ1) is 9.63. The van der Waals surface area contributed by atoms with Crippen molar-refractivity contribution in [3.63, 3.8) is 0 Å². The van der Waals surface area contributed by atoms with E-state index in [4.69, 9.17) is 4.74 Å². The van der Waals surface area contributed by atoms with Crippen molar-refractivity contribution in [2.24, 2.45) is 0 Å². The lowest BCUT2D eigenvalue weighted by Gasteiger charge is -2.28. The third-order valence-corrected chi connectivity index (χ3v) is 3.44. The lowest BCUT2D eigenvalue weighted by Crippen LogP contribution is -2.16. The first-order valence-electron chi connectivity index (χ1n) is 6.11. The molecule has 1 atom stereocenters. The van der Waals surface area contributed by atoms with Crippen LogP contribution in [0.4, 0.5) is 11.4 Å². The third-order valence-electron chi connectivity index (χ3n) is 3.44. The number of aliphatic hydroxyl groups excluding tert-OH is 1. The number of aliphatic hydroxyl groups is 1. The number of carbonyl (C=O) groups is 1. The molecule has 0 radical (unpaired) electrons. The number of hydrogen-bond acceptors (Lipinski definition) is 4. The summed E-state index contributed by atoms with van der Waals surface area (Å²) in [7, 11) is 1.53. The molecule has 0 aromatic heterocycles. The molecule has 3 rings (SSSR count). The fraction of sp³-hybridized carbons (Fsp3) is 0.133. The Labute approximate surface area is 115 Å². The van der Waals surface area contributed by atoms with Crippen molar-refractivity contribution in [2.45, 2.75) is 6.10 Å². The van der Waals surface area contributed by atoms with Crippen molar-refractivity contribution >= 4 is 17.3 Å². The highest BCUT2D eigenvalue weighted by Crippen LogP contribution is 2.45. The van der Waals surface area contributed by atoms with Crippen LogP contribution in [0.25, 0.3) is 0 Å². The first kappa shape index (κ1) is 12.5. The van der Waals surface area contributed by atoms with E-state index in [2.05, 4.69) is 5.32 Å². The van der Waals surface area contributed by atoms with Crippen molar-refractivity contribution < 1.29 is 19.7 Å². The summed E-state index contributed by atoms with van der Waals surface area (Å²) in [5, 5.41) is 22.8. The van der Waals surface area contributed by atoms with Crippen molar-refractivity contribution in [2.75, 3.05) is 12.4 Å². The molecule has 5 heteroatoms. The summed E-state index contributed by atoms with van der Waals surface area (Å²) in [6, 6.07) is 10.2. The molecule has 0 aliphatic carbocycles. The number of para-hydroxylation sites is 2. The smallest absolute Gasteiger partial charge is 0.337 e. The summed E-state index contributed by atoms with van der Waals surface area (Å²) < 4.78 is 5.26. The Hall–Kier alpha value is -2.53. The number of benzene rings is 2. The molecule has 0 amide bonds. The molecule has 0 bridgehead atoms. The highest BCUT2D eigenvalue weighted by molar-refractivity contribution is 5.97. The average molecular weight is 271 g/mol. The van der Waals surface area contributed by atoms with Crippen molar-refractivity contribution in [3.8, 4) is 5.75 Å². The van der Waals surface area contributed by atoms with E-state index in [0.29, 0.717) is 28.3 Å². The molecule has 1 unspecified atom stereocenters. The number of aromatic carboxylic acids is 1. The molecule has 1 aliphatic heterocycles. The number of anilines is 2. The standard InChI is InChI=1S/C15H13NO4/c1-20-11-7-3-5-9-13(11)16-12-8(14(9)17)4-2-6-10(12)15(18)19/h2-7,14,16-17H,1H3,(H,18,19). The van der Waals surface area contributed by atoms with E-state index < -0.39 is 12.1 Å². The Morgan fingerprint density at radius 1 is 1.15 bits per heavy atom. The molecule has 0 fully saturated rings. The van der Waals surface area contributed by atoms with Gasteiger partial charge in [-0.1, -0.05) is 24.3 Å². The summed E-state index contributed by atoms with van der Waals surface area (Å²) in [4.78, 5) is 11.3. The zero-order valence-electron chi connectivity index (χ0n) is 10.8. The van der Waals surface area contributed by atoms with E-state index in [1.807, 2.05) is 0 Å². The molecular formula is C15H13NO4. The van der Waals surface area contributed by atoms with Gasteiger partial charge in [-0.3, -0.25) is 0 Å². The third kappa shape index (κ3) is 1.71. The molecule has 3 N–H and O–H groups in total. The van der Waals surface area contributed by atoms with E-state index in [0.717, 1.165) is 0 Å². The molecule has 0 saturated heterocycles. The van der Waals surface area contributed by atoms with Gasteiger partial charge in [0.05, 0.1) is 24.0 Å². The van der Waals surface area contributed by atoms with Gasteiger partial charge in [0.2, 0.25) is 0 Å². The molecule has 5 nitrogen and oxygen atoms in total. The van der Waals surface area contributed by atoms with Crippen LogP contribution in [0.2, 0.25) is 0 Å². The van der Waals surface area contributed by atoms with Crippen LogP contribution in [0.5, 0.6) is 5.75 Å². The fourth-order valence-electron chi connectivity index (χ4n) is 2.49. The van der Waals surface area contributed by atoms with Crippen LogP contribution >= 0.6 is 0 Å². The Morgan fingerprint density at radius 2 is 1.80 bits per heavy atom. The Morgan fingerprint density at radius 3 is 2.45 bits per heavy atom. The van der Waals surface area contributed by atoms with Crippen LogP contribution in [0.3, 0.4) is 0 Å². The van der Waals surface area contributed by atoms with Gasteiger partial charge in [-0.2, -0.15) is 0 Å². The van der Waals surface area contributed by atoms with Crippen LogP contribution in [0.15, 0.2) is 36.4 Å². The number of rotatable bonds is 2. The van der Waals surface area contributed by atoms with Gasteiger partial charge in [-0.15, -0.1) is 0 Å². The minimum Gasteiger partial charge on any atom is -0.495 e. The lowest BCUT2D eigenvalue weighted by molar-refractivity contribution is 0.0697. The maximum absolute atomic E-state index is 11.3. The molecule has 2 aromatic rings. The van der Waals surface area contributed by atoms with Crippen LogP contribution in [-0.4, -0.2) is 23.3 Å². The molecular weight excluding hydrogens is 258 g/mol. The number of carboxylic acid groups (broad SMARTS) is 1. The van der Waals surface area contributed by atoms with Crippen LogP contribution in [0.1, 0.15) is 27.6 Å². The number of ether oxygens (including phenoxy) is 1. The van der Waals surface area contributed by atoms with Crippen molar-refractivity contribution in [3.05, 3.63) is 53.1 Å². The number of hydrogen-bond donors (Lipinski definition) is 3. The van der Waals surface area contributed by atoms with Crippen LogP contribution < -0.4 is 10.1 Å². The van der Waals surface area contributed by atoms with Crippen LogP contribution in [-0.2, 0) is 0 Å². The minimum atomic E-state index is -1.04. The van der Waals surface area contributed by atoms with E-state index in [1.54, 1.807) is 30.3 Å². The molecule has 1 heterocycles. The molecule has 0 spiro atoms. The number of methoxy groups -OCH3 is 1. The Balaban J connectivity index is 2.23. The van der Waals surface area contributed by atoms with Gasteiger partial charge in [0.15, 0.2) is 0 Å². The van der Waals surface area contributed by atoms with Gasteiger partial charge in [0, 0.05) is 11.1 Å². The zero-order valence-corrected chi connectivity index (χ0v) is 10.8. The quantitative estimate of drug-likeness (QED) is 0.782. The summed E-state index contributed by atoms with van der Waals surface area (Å²) in [6.45, 7) is 0. The van der Waals surface area contributed by atoms with Gasteiger partial charge < -0.3 is 20.3 Å². The first-order valence-corrected chi connectivity index (χ1v) is 6.11. The van der Waals surface area contributed by atoms with Gasteiger partial charge >= 0.3 is 5.97 Å². The van der Waals surface area contributed by atoms with Crippen molar-refractivity contribution in [1.82, 2.24) is 0 Å². The van der Waals surface area contributed by atoms with Gasteiger partial charge in [0.25, 0.3) is 0 Å². The molecule has 102 valence electrons. The zero-order chi connectivity index (χ0) is 14.3. The van der Waals surface area contributed by atoms with Crippen molar-refractivity contribution in [1.29, 1.82) is 0 Å². The van der Waals surface area contributed by atoms with E-state index in [-0.39, 0.29) is 5.56 Å². The lowest BCUT2D eigenvalue weighted by atomic mass is 9.92. The molecule has 2 aromatic carbocycles. The second-order valence-electron chi connectivity index (χ2n) is 4.53. The second-order valence-corrected chi connectivity index (χ2v) is 4.53. The summed E-state index contributed by atoms with van der Waals surface area (Å²) in [5.41, 5.74) is 2.34. The molecule has 1 aliphatic rings. The van der Waals surface area contributed by atoms with Crippen LogP contribution in [0, 0.1) is 0 Å². The topological polar surface area (TPSA) is 78.8 Å². The number of fused-ring (bicyclic) bond motifs is 2. The maximum atomic E-state index is 11.3. The summed E-state index contributed by atoms with van der Waals surface area (Å²) in [6.07, 6.45) is -0.879. The predicted molar refractivity (Wildman–Crippen MR) is 73.7 cm³/mol. The van der Waals surface area contributed by atoms with Gasteiger partial charge in [0.1, 0.15) is 11.9 Å². The maximum Gasteiger partial charge on any atom is 0.337 e. The minimum absolute atomic E-state index is 0.123. The predicted octanol–water partition coefficient (Wildman–Crippen LogP) is 2.53. The average Bonchev–Trinajstić information content (AvgIpc) is 2.46. The van der Waals surface area contributed by atoms with E-state index in [1.165, 1.54) is 13.2 Å². The van der Waals surface area contributed by atoms with Gasteiger partial charge in [-0.05, 0) is 12.1 Å². The SMILES string of the molecule is COc1cccc2c1Nc1c(C(=O)O)cccc1C2O. The molecule has 0 saturated carbocycles. The van der Waals surface area contributed by atoms with Gasteiger partial charge in [-0.25, -0.2) is 4.79 Å². The summed E-state index contributed by atoms with van der Waals surface area (Å²) in [5.74, 6) is -0.479. The number of nitrogens with one attached hydrogen (secondary N) is 1.